The van der Waals surface area contributed by atoms with Crippen molar-refractivity contribution in [3.8, 4) is 17.1 Å². The summed E-state index contributed by atoms with van der Waals surface area (Å²) >= 11 is 0. The van der Waals surface area contributed by atoms with Gasteiger partial charge in [0.25, 0.3) is 0 Å². The van der Waals surface area contributed by atoms with Crippen LogP contribution in [0.4, 0.5) is 13.2 Å². The second kappa shape index (κ2) is 9.38. The SMILES string of the molecule is CC(C)(c1cccc(-n2[c-]cc(C(F)(F)F)n2)n1)c1cc2ccccc2c(-c2[c-]cccc2)n1.[Pt+2]. The van der Waals surface area contributed by atoms with Crippen LogP contribution in [-0.2, 0) is 32.7 Å². The van der Waals surface area contributed by atoms with Crippen molar-refractivity contribution in [3.63, 3.8) is 0 Å². The van der Waals surface area contributed by atoms with Gasteiger partial charge in [0.05, 0.1) is 11.5 Å². The second-order valence-electron chi connectivity index (χ2n) is 8.43. The Morgan fingerprint density at radius 1 is 0.829 bits per heavy atom. The summed E-state index contributed by atoms with van der Waals surface area (Å²) in [4.78, 5) is 9.63. The summed E-state index contributed by atoms with van der Waals surface area (Å²) in [5.41, 5.74) is 1.46. The van der Waals surface area contributed by atoms with E-state index in [0.29, 0.717) is 5.69 Å². The molecule has 0 fully saturated rings. The van der Waals surface area contributed by atoms with Crippen LogP contribution in [0.5, 0.6) is 0 Å². The van der Waals surface area contributed by atoms with Crippen molar-refractivity contribution in [3.05, 3.63) is 108 Å². The molecule has 0 spiro atoms. The van der Waals surface area contributed by atoms with E-state index in [1.54, 1.807) is 12.1 Å². The number of halogens is 3. The van der Waals surface area contributed by atoms with Crippen LogP contribution < -0.4 is 0 Å². The molecule has 0 aliphatic rings. The van der Waals surface area contributed by atoms with Crippen LogP contribution in [0.1, 0.15) is 30.9 Å². The van der Waals surface area contributed by atoms with Gasteiger partial charge in [-0.05, 0) is 42.4 Å². The van der Waals surface area contributed by atoms with E-state index in [-0.39, 0.29) is 26.9 Å². The maximum Gasteiger partial charge on any atom is 2.00 e. The number of nitrogens with zero attached hydrogens (tertiary/aromatic N) is 4. The van der Waals surface area contributed by atoms with Gasteiger partial charge in [0.15, 0.2) is 0 Å². The quantitative estimate of drug-likeness (QED) is 0.211. The molecule has 0 N–H and O–H groups in total. The number of fused-ring (bicyclic) bond motifs is 1. The van der Waals surface area contributed by atoms with E-state index >= 15 is 0 Å². The summed E-state index contributed by atoms with van der Waals surface area (Å²) in [5.74, 6) is 0.249. The van der Waals surface area contributed by atoms with Crippen LogP contribution in [0.3, 0.4) is 0 Å². The van der Waals surface area contributed by atoms with E-state index in [9.17, 15) is 13.2 Å². The molecule has 0 radical (unpaired) electrons. The van der Waals surface area contributed by atoms with E-state index in [1.807, 2.05) is 74.5 Å². The summed E-state index contributed by atoms with van der Waals surface area (Å²) in [6.45, 7) is 3.98. The van der Waals surface area contributed by atoms with Gasteiger partial charge in [-0.1, -0.05) is 42.6 Å². The third-order valence-corrected chi connectivity index (χ3v) is 5.76. The van der Waals surface area contributed by atoms with Gasteiger partial charge in [0.1, 0.15) is 0 Å². The second-order valence-corrected chi connectivity index (χ2v) is 8.43. The Labute approximate surface area is 215 Å². The Morgan fingerprint density at radius 2 is 1.60 bits per heavy atom. The van der Waals surface area contributed by atoms with Gasteiger partial charge in [0, 0.05) is 16.8 Å². The predicted molar refractivity (Wildman–Crippen MR) is 123 cm³/mol. The van der Waals surface area contributed by atoms with Gasteiger partial charge in [-0.2, -0.15) is 13.2 Å². The fraction of sp³-hybridized carbons (Fsp3) is 0.148. The first-order valence-electron chi connectivity index (χ1n) is 10.6. The van der Waals surface area contributed by atoms with Gasteiger partial charge in [-0.15, -0.1) is 42.0 Å². The first-order chi connectivity index (χ1) is 16.2. The van der Waals surface area contributed by atoms with E-state index in [1.165, 1.54) is 0 Å². The van der Waals surface area contributed by atoms with Crippen LogP contribution in [0.25, 0.3) is 27.8 Å². The summed E-state index contributed by atoms with van der Waals surface area (Å²) in [6, 6.07) is 27.0. The van der Waals surface area contributed by atoms with Gasteiger partial charge in [-0.25, -0.2) is 0 Å². The molecule has 5 rings (SSSR count). The number of aromatic nitrogens is 4. The molecule has 35 heavy (non-hydrogen) atoms. The molecular formula is C27H19F3N4Pt. The van der Waals surface area contributed by atoms with Crippen molar-refractivity contribution in [1.82, 2.24) is 19.7 Å². The van der Waals surface area contributed by atoms with E-state index in [2.05, 4.69) is 22.3 Å². The van der Waals surface area contributed by atoms with Crippen molar-refractivity contribution in [2.75, 3.05) is 0 Å². The molecule has 0 saturated carbocycles. The molecule has 8 heteroatoms. The molecule has 5 aromatic rings. The molecule has 4 nitrogen and oxygen atoms in total. The van der Waals surface area contributed by atoms with Crippen molar-refractivity contribution in [1.29, 1.82) is 0 Å². The van der Waals surface area contributed by atoms with Crippen molar-refractivity contribution < 1.29 is 34.2 Å². The zero-order chi connectivity index (χ0) is 23.9. The first kappa shape index (κ1) is 24.8. The number of alkyl halides is 3. The molecule has 0 atom stereocenters. The number of hydrogen-bond acceptors (Lipinski definition) is 3. The minimum atomic E-state index is -4.54. The Morgan fingerprint density at radius 3 is 2.31 bits per heavy atom. The molecule has 2 aromatic carbocycles. The van der Waals surface area contributed by atoms with Crippen LogP contribution >= 0.6 is 0 Å². The van der Waals surface area contributed by atoms with Crippen molar-refractivity contribution >= 4 is 10.8 Å². The Kier molecular flexibility index (Phi) is 6.65. The monoisotopic (exact) mass is 651 g/mol. The third kappa shape index (κ3) is 4.78. The minimum Gasteiger partial charge on any atom is -0.343 e. The predicted octanol–water partition coefficient (Wildman–Crippen LogP) is 6.43. The normalized spacial score (nSPS) is 11.9. The molecule has 0 amide bonds. The summed E-state index contributed by atoms with van der Waals surface area (Å²) < 4.78 is 40.0. The third-order valence-electron chi connectivity index (χ3n) is 5.76. The molecule has 0 unspecified atom stereocenters. The number of rotatable bonds is 4. The zero-order valence-electron chi connectivity index (χ0n) is 18.7. The molecule has 0 bridgehead atoms. The van der Waals surface area contributed by atoms with Crippen LogP contribution in [-0.4, -0.2) is 19.7 Å². The van der Waals surface area contributed by atoms with Crippen LogP contribution in [0.15, 0.2) is 78.9 Å². The van der Waals surface area contributed by atoms with Crippen molar-refractivity contribution in [2.45, 2.75) is 25.4 Å². The summed E-state index contributed by atoms with van der Waals surface area (Å²) in [5, 5.41) is 5.63. The van der Waals surface area contributed by atoms with Gasteiger partial charge < -0.3 is 4.68 Å². The average molecular weight is 652 g/mol. The number of pyridine rings is 2. The van der Waals surface area contributed by atoms with E-state index in [4.69, 9.17) is 4.98 Å². The van der Waals surface area contributed by atoms with Crippen molar-refractivity contribution in [2.24, 2.45) is 0 Å². The van der Waals surface area contributed by atoms with Crippen LogP contribution in [0, 0.1) is 12.3 Å². The average Bonchev–Trinajstić information content (AvgIpc) is 3.35. The summed E-state index contributed by atoms with van der Waals surface area (Å²) in [6.07, 6.45) is -2.04. The molecule has 0 saturated heterocycles. The standard InChI is InChI=1S/C27H19F3N4.Pt/c1-26(2,21-13-8-14-24(31-21)34-16-15-22(33-34)27(28,29)30)23-17-19-11-6-7-12-20(19)25(32-23)18-9-4-3-5-10-18;/h3-9,11-15,17H,1-2H3;/q-2;+2. The minimum absolute atomic E-state index is 0. The fourth-order valence-corrected chi connectivity index (χ4v) is 3.83. The van der Waals surface area contributed by atoms with E-state index < -0.39 is 17.3 Å². The Bertz CT molecular complexity index is 1480. The Balaban J connectivity index is 0.00000289. The molecule has 178 valence electrons. The zero-order valence-corrected chi connectivity index (χ0v) is 21.0. The largest absolute Gasteiger partial charge is 2.00 e. The van der Waals surface area contributed by atoms with Gasteiger partial charge >= 0.3 is 27.2 Å². The molecule has 0 aliphatic heterocycles. The smallest absolute Gasteiger partial charge is 0.343 e. The van der Waals surface area contributed by atoms with E-state index in [0.717, 1.165) is 38.5 Å². The number of benzene rings is 2. The molecule has 3 heterocycles. The maximum atomic E-state index is 13.0. The fourth-order valence-electron chi connectivity index (χ4n) is 3.83. The van der Waals surface area contributed by atoms with Gasteiger partial charge in [0.2, 0.25) is 0 Å². The van der Waals surface area contributed by atoms with Crippen LogP contribution in [0.2, 0.25) is 0 Å². The first-order valence-corrected chi connectivity index (χ1v) is 10.6. The maximum absolute atomic E-state index is 13.0. The number of hydrogen-bond donors (Lipinski definition) is 0. The molecule has 0 aliphatic carbocycles. The molecular weight excluding hydrogens is 632 g/mol. The summed E-state index contributed by atoms with van der Waals surface area (Å²) in [7, 11) is 0. The topological polar surface area (TPSA) is 43.6 Å². The van der Waals surface area contributed by atoms with Gasteiger partial charge in [-0.3, -0.25) is 15.1 Å². The molecule has 3 aromatic heterocycles. The Hall–Kier alpha value is -3.31.